The predicted octanol–water partition coefficient (Wildman–Crippen LogP) is 12.0. The van der Waals surface area contributed by atoms with Crippen LogP contribution in [0.5, 0.6) is 0 Å². The van der Waals surface area contributed by atoms with Crippen molar-refractivity contribution < 1.29 is 19.4 Å². The van der Waals surface area contributed by atoms with Gasteiger partial charge in [0, 0.05) is 13.0 Å². The third-order valence-corrected chi connectivity index (χ3v) is 7.09. The van der Waals surface area contributed by atoms with Crippen molar-refractivity contribution >= 4 is 5.97 Å². The molecule has 47 heavy (non-hydrogen) atoms. The number of aliphatic hydroxyl groups is 1. The van der Waals surface area contributed by atoms with Crippen molar-refractivity contribution in [2.75, 3.05) is 19.8 Å². The molecular weight excluding hydrogens is 580 g/mol. The monoisotopic (exact) mass is 649 g/mol. The molecule has 0 bridgehead atoms. The normalized spacial score (nSPS) is 13.7. The van der Waals surface area contributed by atoms with E-state index < -0.39 is 6.10 Å². The summed E-state index contributed by atoms with van der Waals surface area (Å²) in [5.74, 6) is -0.244. The molecule has 0 saturated heterocycles. The maximum absolute atomic E-state index is 12.1. The lowest BCUT2D eigenvalue weighted by Crippen LogP contribution is -2.27. The summed E-state index contributed by atoms with van der Waals surface area (Å²) in [6.45, 7) is 4.93. The summed E-state index contributed by atoms with van der Waals surface area (Å²) < 4.78 is 11.0. The van der Waals surface area contributed by atoms with Gasteiger partial charge in [0.05, 0.1) is 13.2 Å². The van der Waals surface area contributed by atoms with Crippen molar-refractivity contribution in [1.82, 2.24) is 0 Å². The Hall–Kier alpha value is -2.95. The Bertz CT molecular complexity index is 945. The van der Waals surface area contributed by atoms with E-state index in [1.807, 2.05) is 0 Å². The van der Waals surface area contributed by atoms with Crippen molar-refractivity contribution in [3.05, 3.63) is 109 Å². The van der Waals surface area contributed by atoms with E-state index in [1.54, 1.807) is 0 Å². The molecule has 0 aromatic heterocycles. The van der Waals surface area contributed by atoms with Crippen molar-refractivity contribution in [3.8, 4) is 0 Å². The highest BCUT2D eigenvalue weighted by atomic mass is 16.6. The summed E-state index contributed by atoms with van der Waals surface area (Å²) in [5.41, 5.74) is 0. The van der Waals surface area contributed by atoms with Gasteiger partial charge in [-0.05, 0) is 89.9 Å². The first-order valence-corrected chi connectivity index (χ1v) is 18.5. The summed E-state index contributed by atoms with van der Waals surface area (Å²) in [5, 5.41) is 9.55. The predicted molar refractivity (Wildman–Crippen MR) is 204 cm³/mol. The molecule has 0 aromatic rings. The Labute approximate surface area is 289 Å². The molecule has 4 heteroatoms. The molecule has 0 fully saturated rings. The van der Waals surface area contributed by atoms with Gasteiger partial charge in [0.2, 0.25) is 0 Å². The van der Waals surface area contributed by atoms with Crippen LogP contribution in [-0.4, -0.2) is 37.0 Å². The van der Waals surface area contributed by atoms with Crippen LogP contribution in [0.3, 0.4) is 0 Å². The molecule has 264 valence electrons. The van der Waals surface area contributed by atoms with E-state index in [0.717, 1.165) is 96.3 Å². The van der Waals surface area contributed by atoms with Crippen LogP contribution in [0.25, 0.3) is 0 Å². The largest absolute Gasteiger partial charge is 0.457 e. The fourth-order valence-electron chi connectivity index (χ4n) is 4.41. The highest BCUT2D eigenvalue weighted by molar-refractivity contribution is 5.69. The quantitative estimate of drug-likeness (QED) is 0.0448. The molecular formula is C43H68O4. The van der Waals surface area contributed by atoms with E-state index in [-0.39, 0.29) is 19.2 Å². The van der Waals surface area contributed by atoms with Gasteiger partial charge in [-0.3, -0.25) is 4.79 Å². The van der Waals surface area contributed by atoms with Crippen molar-refractivity contribution in [1.29, 1.82) is 0 Å². The average molecular weight is 649 g/mol. The maximum atomic E-state index is 12.1. The molecule has 0 aliphatic carbocycles. The first-order chi connectivity index (χ1) is 23.2. The molecule has 0 heterocycles. The van der Waals surface area contributed by atoms with Gasteiger partial charge in [-0.2, -0.15) is 0 Å². The fourth-order valence-corrected chi connectivity index (χ4v) is 4.41. The van der Waals surface area contributed by atoms with E-state index in [0.29, 0.717) is 13.0 Å². The average Bonchev–Trinajstić information content (AvgIpc) is 3.08. The van der Waals surface area contributed by atoms with Gasteiger partial charge in [-0.25, -0.2) is 0 Å². The molecule has 0 aromatic carbocycles. The van der Waals surface area contributed by atoms with Crippen LogP contribution < -0.4 is 0 Å². The van der Waals surface area contributed by atoms with Crippen LogP contribution in [0.15, 0.2) is 109 Å². The van der Waals surface area contributed by atoms with Crippen LogP contribution in [-0.2, 0) is 14.3 Å². The molecule has 0 rings (SSSR count). The number of rotatable bonds is 32. The number of ether oxygens (including phenoxy) is 2. The Balaban J connectivity index is 3.65. The fraction of sp³-hybridized carbons (Fsp3) is 0.558. The molecule has 0 radical (unpaired) electrons. The van der Waals surface area contributed by atoms with Gasteiger partial charge in [-0.15, -0.1) is 0 Å². The third kappa shape index (κ3) is 37.4. The molecule has 0 amide bonds. The third-order valence-electron chi connectivity index (χ3n) is 7.09. The van der Waals surface area contributed by atoms with E-state index in [4.69, 9.17) is 9.47 Å². The number of carbonyl (C=O) groups excluding carboxylic acids is 1. The second-order valence-electron chi connectivity index (χ2n) is 11.5. The summed E-state index contributed by atoms with van der Waals surface area (Å²) in [6, 6.07) is 0. The zero-order valence-corrected chi connectivity index (χ0v) is 30.0. The lowest BCUT2D eigenvalue weighted by Gasteiger charge is -2.15. The van der Waals surface area contributed by atoms with Crippen LogP contribution in [0.4, 0.5) is 0 Å². The summed E-state index contributed by atoms with van der Waals surface area (Å²) >= 11 is 0. The zero-order chi connectivity index (χ0) is 34.1. The van der Waals surface area contributed by atoms with Crippen LogP contribution in [0.1, 0.15) is 129 Å². The van der Waals surface area contributed by atoms with E-state index in [9.17, 15) is 9.90 Å². The highest BCUT2D eigenvalue weighted by Crippen LogP contribution is 2.09. The van der Waals surface area contributed by atoms with Crippen molar-refractivity contribution in [2.24, 2.45) is 0 Å². The highest BCUT2D eigenvalue weighted by Gasteiger charge is 2.13. The minimum atomic E-state index is -0.581. The van der Waals surface area contributed by atoms with E-state index in [1.165, 1.54) is 12.8 Å². The van der Waals surface area contributed by atoms with Gasteiger partial charge in [0.25, 0.3) is 0 Å². The van der Waals surface area contributed by atoms with Gasteiger partial charge in [0.15, 0.2) is 0 Å². The first-order valence-electron chi connectivity index (χ1n) is 18.5. The number of esters is 1. The molecule has 1 N–H and O–H groups in total. The molecule has 0 saturated carbocycles. The Kier molecular flexibility index (Phi) is 36.8. The smallest absolute Gasteiger partial charge is 0.306 e. The number of aliphatic hydroxyl groups excluding tert-OH is 1. The lowest BCUT2D eigenvalue weighted by molar-refractivity contribution is -0.154. The van der Waals surface area contributed by atoms with E-state index in [2.05, 4.69) is 123 Å². The molecule has 0 aliphatic rings. The Morgan fingerprint density at radius 2 is 0.894 bits per heavy atom. The summed E-state index contributed by atoms with van der Waals surface area (Å²) in [7, 11) is 0. The van der Waals surface area contributed by atoms with Gasteiger partial charge >= 0.3 is 5.97 Å². The van der Waals surface area contributed by atoms with Crippen LogP contribution in [0.2, 0.25) is 0 Å². The molecule has 0 spiro atoms. The number of hydrogen-bond acceptors (Lipinski definition) is 4. The molecule has 1 unspecified atom stereocenters. The number of hydrogen-bond donors (Lipinski definition) is 1. The lowest BCUT2D eigenvalue weighted by atomic mass is 10.1. The summed E-state index contributed by atoms with van der Waals surface area (Å²) in [6.07, 6.45) is 57.1. The minimum Gasteiger partial charge on any atom is -0.457 e. The molecule has 4 nitrogen and oxygen atoms in total. The molecule has 0 aliphatic heterocycles. The number of carbonyl (C=O) groups is 1. The minimum absolute atomic E-state index is 0.210. The van der Waals surface area contributed by atoms with Crippen molar-refractivity contribution in [2.45, 2.75) is 136 Å². The maximum Gasteiger partial charge on any atom is 0.306 e. The second kappa shape index (κ2) is 39.2. The summed E-state index contributed by atoms with van der Waals surface area (Å²) in [4.78, 5) is 12.1. The zero-order valence-electron chi connectivity index (χ0n) is 30.0. The van der Waals surface area contributed by atoms with Gasteiger partial charge in [0.1, 0.15) is 6.10 Å². The number of allylic oxidation sites excluding steroid dienone is 18. The first kappa shape index (κ1) is 44.0. The van der Waals surface area contributed by atoms with Crippen molar-refractivity contribution in [3.63, 3.8) is 0 Å². The standard InChI is InChI=1S/C43H68O4/c1-3-5-7-9-11-13-15-17-19-20-21-22-23-25-27-29-31-33-35-37-39-46-41-42(40-44)47-43(45)38-36-34-32-30-28-26-24-18-16-14-12-10-8-6-4-2/h5-8,11-14,17-19,21-22,24-25,27,31,33,42,44H,3-4,9-10,15-16,20,23,26,28-30,32,34-41H2,1-2H3/b7-5-,8-6-,13-11-,14-12-,19-17-,22-21-,24-18-,27-25-,33-31-. The molecule has 1 atom stereocenters. The Morgan fingerprint density at radius 1 is 0.511 bits per heavy atom. The van der Waals surface area contributed by atoms with Gasteiger partial charge in [-0.1, -0.05) is 142 Å². The SMILES string of the molecule is CC/C=C\C/C=C\C/C=C\C/C=C\C/C=C\C/C=C\CCCOCC(CO)OC(=O)CCCCCCC/C=C\C/C=C\C/C=C\CC. The second-order valence-corrected chi connectivity index (χ2v) is 11.5. The van der Waals surface area contributed by atoms with Gasteiger partial charge < -0.3 is 14.6 Å². The van der Waals surface area contributed by atoms with Crippen LogP contribution in [0, 0.1) is 0 Å². The van der Waals surface area contributed by atoms with Crippen LogP contribution >= 0.6 is 0 Å². The van der Waals surface area contributed by atoms with E-state index >= 15 is 0 Å². The topological polar surface area (TPSA) is 55.8 Å². The number of unbranched alkanes of at least 4 members (excludes halogenated alkanes) is 6. The Morgan fingerprint density at radius 3 is 1.34 bits per heavy atom.